The molecule has 0 radical (unpaired) electrons. The highest BCUT2D eigenvalue weighted by Crippen LogP contribution is 2.47. The van der Waals surface area contributed by atoms with E-state index < -0.39 is 11.9 Å². The van der Waals surface area contributed by atoms with Crippen molar-refractivity contribution in [3.8, 4) is 17.2 Å². The van der Waals surface area contributed by atoms with E-state index in [0.29, 0.717) is 28.4 Å². The third kappa shape index (κ3) is 1.73. The number of benzene rings is 2. The molecule has 0 aliphatic carbocycles. The van der Waals surface area contributed by atoms with Gasteiger partial charge in [0, 0.05) is 5.56 Å². The molecule has 3 rings (SSSR count). The van der Waals surface area contributed by atoms with Gasteiger partial charge in [0.25, 0.3) is 0 Å². The summed E-state index contributed by atoms with van der Waals surface area (Å²) >= 11 is 0. The van der Waals surface area contributed by atoms with Crippen LogP contribution in [-0.4, -0.2) is 18.2 Å². The Morgan fingerprint density at radius 3 is 2.63 bits per heavy atom. The monoisotopic (exact) mass is 256 g/mol. The highest BCUT2D eigenvalue weighted by atomic mass is 16.5. The number of hydrogen-bond donors (Lipinski definition) is 1. The molecule has 0 fully saturated rings. The van der Waals surface area contributed by atoms with Gasteiger partial charge in [0.15, 0.2) is 0 Å². The summed E-state index contributed by atoms with van der Waals surface area (Å²) in [6, 6.07) is 12.4. The molecule has 0 spiro atoms. The lowest BCUT2D eigenvalue weighted by molar-refractivity contribution is -0.137. The average molecular weight is 256 g/mol. The quantitative estimate of drug-likeness (QED) is 0.897. The lowest BCUT2D eigenvalue weighted by Gasteiger charge is -2.26. The second-order valence-corrected chi connectivity index (χ2v) is 4.28. The summed E-state index contributed by atoms with van der Waals surface area (Å²) in [4.78, 5) is 11.6. The van der Waals surface area contributed by atoms with E-state index in [1.165, 1.54) is 7.11 Å². The predicted molar refractivity (Wildman–Crippen MR) is 69.0 cm³/mol. The molecule has 96 valence electrons. The van der Waals surface area contributed by atoms with Gasteiger partial charge in [-0.05, 0) is 18.2 Å². The first-order valence-corrected chi connectivity index (χ1v) is 5.89. The summed E-state index contributed by atoms with van der Waals surface area (Å²) in [5.41, 5.74) is 1.21. The van der Waals surface area contributed by atoms with Crippen LogP contribution in [0.4, 0.5) is 0 Å². The number of hydrogen-bond acceptors (Lipinski definition) is 3. The molecule has 0 aromatic heterocycles. The predicted octanol–water partition coefficient (Wildman–Crippen LogP) is 3.02. The van der Waals surface area contributed by atoms with Crippen molar-refractivity contribution >= 4 is 5.97 Å². The lowest BCUT2D eigenvalue weighted by Crippen LogP contribution is -2.19. The van der Waals surface area contributed by atoms with E-state index in [0.717, 1.165) is 0 Å². The Labute approximate surface area is 110 Å². The van der Waals surface area contributed by atoms with E-state index in [1.54, 1.807) is 36.4 Å². The Morgan fingerprint density at radius 1 is 1.16 bits per heavy atom. The maximum atomic E-state index is 11.6. The van der Waals surface area contributed by atoms with Gasteiger partial charge in [-0.25, -0.2) is 0 Å². The topological polar surface area (TPSA) is 55.8 Å². The molecule has 1 aliphatic rings. The van der Waals surface area contributed by atoms with Crippen LogP contribution in [0.5, 0.6) is 17.2 Å². The molecule has 19 heavy (non-hydrogen) atoms. The van der Waals surface area contributed by atoms with Crippen LogP contribution in [0.2, 0.25) is 0 Å². The number of carboxylic acid groups (broad SMARTS) is 1. The van der Waals surface area contributed by atoms with E-state index in [1.807, 2.05) is 6.07 Å². The van der Waals surface area contributed by atoms with Gasteiger partial charge < -0.3 is 14.6 Å². The summed E-state index contributed by atoms with van der Waals surface area (Å²) < 4.78 is 11.0. The van der Waals surface area contributed by atoms with E-state index in [9.17, 15) is 9.90 Å². The standard InChI is InChI=1S/C15H12O4/c1-18-11-7-4-8-12-14(11)13(15(16)17)9-5-2-3-6-10(9)19-12/h2-8,13H,1H3,(H,16,17). The molecule has 2 aromatic rings. The van der Waals surface area contributed by atoms with E-state index in [2.05, 4.69) is 0 Å². The van der Waals surface area contributed by atoms with Crippen LogP contribution >= 0.6 is 0 Å². The zero-order valence-corrected chi connectivity index (χ0v) is 10.3. The molecule has 4 heteroatoms. The molecular weight excluding hydrogens is 244 g/mol. The van der Waals surface area contributed by atoms with Crippen molar-refractivity contribution in [2.75, 3.05) is 7.11 Å². The van der Waals surface area contributed by atoms with Crippen LogP contribution in [0.15, 0.2) is 42.5 Å². The van der Waals surface area contributed by atoms with Gasteiger partial charge in [-0.15, -0.1) is 0 Å². The van der Waals surface area contributed by atoms with Gasteiger partial charge in [0.2, 0.25) is 0 Å². The van der Waals surface area contributed by atoms with Crippen molar-refractivity contribution in [1.82, 2.24) is 0 Å². The number of carbonyl (C=O) groups is 1. The third-order valence-corrected chi connectivity index (χ3v) is 3.23. The number of carboxylic acids is 1. The van der Waals surface area contributed by atoms with Gasteiger partial charge >= 0.3 is 5.97 Å². The molecule has 1 N–H and O–H groups in total. The number of ether oxygens (including phenoxy) is 2. The van der Waals surface area contributed by atoms with Crippen LogP contribution in [0.25, 0.3) is 0 Å². The minimum atomic E-state index is -0.915. The van der Waals surface area contributed by atoms with E-state index in [-0.39, 0.29) is 0 Å². The van der Waals surface area contributed by atoms with Crippen LogP contribution in [0.1, 0.15) is 17.0 Å². The molecule has 0 saturated carbocycles. The molecule has 0 amide bonds. The molecule has 4 nitrogen and oxygen atoms in total. The van der Waals surface area contributed by atoms with Gasteiger partial charge in [-0.3, -0.25) is 4.79 Å². The summed E-state index contributed by atoms with van der Waals surface area (Å²) in [7, 11) is 1.52. The number of rotatable bonds is 2. The second kappa shape index (κ2) is 4.31. The third-order valence-electron chi connectivity index (χ3n) is 3.23. The molecular formula is C15H12O4. The first kappa shape index (κ1) is 11.6. The van der Waals surface area contributed by atoms with Gasteiger partial charge in [-0.1, -0.05) is 24.3 Å². The summed E-state index contributed by atoms with van der Waals surface area (Å²) in [6.07, 6.45) is 0. The largest absolute Gasteiger partial charge is 0.496 e. The minimum absolute atomic E-state index is 0.527. The Bertz CT molecular complexity index is 648. The van der Waals surface area contributed by atoms with Crippen molar-refractivity contribution in [3.63, 3.8) is 0 Å². The highest BCUT2D eigenvalue weighted by Gasteiger charge is 2.34. The lowest BCUT2D eigenvalue weighted by atomic mass is 9.87. The van der Waals surface area contributed by atoms with Crippen molar-refractivity contribution in [2.45, 2.75) is 5.92 Å². The molecule has 1 unspecified atom stereocenters. The van der Waals surface area contributed by atoms with Crippen molar-refractivity contribution in [1.29, 1.82) is 0 Å². The van der Waals surface area contributed by atoms with Crippen molar-refractivity contribution < 1.29 is 19.4 Å². The first-order valence-electron chi connectivity index (χ1n) is 5.89. The smallest absolute Gasteiger partial charge is 0.315 e. The Hall–Kier alpha value is -2.49. The molecule has 2 aromatic carbocycles. The average Bonchev–Trinajstić information content (AvgIpc) is 2.43. The summed E-state index contributed by atoms with van der Waals surface area (Å²) in [5.74, 6) is -0.0434. The maximum absolute atomic E-state index is 11.6. The fraction of sp³-hybridized carbons (Fsp3) is 0.133. The van der Waals surface area contributed by atoms with E-state index in [4.69, 9.17) is 9.47 Å². The van der Waals surface area contributed by atoms with E-state index >= 15 is 0 Å². The minimum Gasteiger partial charge on any atom is -0.496 e. The normalized spacial score (nSPS) is 15.9. The van der Waals surface area contributed by atoms with Crippen molar-refractivity contribution in [3.05, 3.63) is 53.6 Å². The number of aliphatic carboxylic acids is 1. The Morgan fingerprint density at radius 2 is 1.89 bits per heavy atom. The Balaban J connectivity index is 2.27. The SMILES string of the molecule is COc1cccc2c1C(C(=O)O)c1ccccc1O2. The highest BCUT2D eigenvalue weighted by molar-refractivity contribution is 5.85. The molecule has 0 saturated heterocycles. The molecule has 0 bridgehead atoms. The fourth-order valence-corrected chi connectivity index (χ4v) is 2.42. The molecule has 1 aliphatic heterocycles. The van der Waals surface area contributed by atoms with Crippen LogP contribution in [0.3, 0.4) is 0 Å². The number of methoxy groups -OCH3 is 1. The summed E-state index contributed by atoms with van der Waals surface area (Å²) in [5, 5.41) is 9.54. The van der Waals surface area contributed by atoms with Crippen LogP contribution in [0, 0.1) is 0 Å². The zero-order valence-electron chi connectivity index (χ0n) is 10.3. The molecule has 1 atom stereocenters. The summed E-state index contributed by atoms with van der Waals surface area (Å²) in [6.45, 7) is 0. The van der Waals surface area contributed by atoms with Crippen LogP contribution in [-0.2, 0) is 4.79 Å². The second-order valence-electron chi connectivity index (χ2n) is 4.28. The van der Waals surface area contributed by atoms with Gasteiger partial charge in [0.1, 0.15) is 23.2 Å². The number of para-hydroxylation sites is 1. The first-order chi connectivity index (χ1) is 9.22. The fourth-order valence-electron chi connectivity index (χ4n) is 2.42. The van der Waals surface area contributed by atoms with Gasteiger partial charge in [0.05, 0.1) is 12.7 Å². The maximum Gasteiger partial charge on any atom is 0.315 e. The molecule has 1 heterocycles. The number of fused-ring (bicyclic) bond motifs is 2. The zero-order chi connectivity index (χ0) is 13.4. The van der Waals surface area contributed by atoms with Gasteiger partial charge in [-0.2, -0.15) is 0 Å². The van der Waals surface area contributed by atoms with Crippen molar-refractivity contribution in [2.24, 2.45) is 0 Å². The Kier molecular flexibility index (Phi) is 2.63. The van der Waals surface area contributed by atoms with Crippen LogP contribution < -0.4 is 9.47 Å².